The number of carbonyl (C=O) groups excluding carboxylic acids is 1. The first-order valence-electron chi connectivity index (χ1n) is 15.1. The second-order valence-corrected chi connectivity index (χ2v) is 11.5. The maximum Gasteiger partial charge on any atom is 0.318 e. The Morgan fingerprint density at radius 1 is 1.17 bits per heavy atom. The third-order valence-electron chi connectivity index (χ3n) is 8.89. The van der Waals surface area contributed by atoms with Gasteiger partial charge in [0.1, 0.15) is 12.4 Å². The molecule has 2 aliphatic heterocycles. The third kappa shape index (κ3) is 5.64. The highest BCUT2D eigenvalue weighted by Gasteiger charge is 2.33. The fraction of sp³-hybridized carbons (Fsp3) is 0.455. The molecule has 1 amide bonds. The lowest BCUT2D eigenvalue weighted by atomic mass is 9.93. The molecule has 218 valence electrons. The molecule has 3 heterocycles. The monoisotopic (exact) mass is 565 g/mol. The van der Waals surface area contributed by atoms with Crippen molar-refractivity contribution in [2.24, 2.45) is 0 Å². The van der Waals surface area contributed by atoms with E-state index in [0.717, 1.165) is 36.6 Å². The van der Waals surface area contributed by atoms with Crippen LogP contribution in [0.5, 0.6) is 6.01 Å². The fourth-order valence-corrected chi connectivity index (χ4v) is 6.44. The number of anilines is 2. The predicted molar refractivity (Wildman–Crippen MR) is 165 cm³/mol. The van der Waals surface area contributed by atoms with Crippen molar-refractivity contribution in [3.05, 3.63) is 65.9 Å². The molecule has 1 atom stereocenters. The van der Waals surface area contributed by atoms with Gasteiger partial charge in [-0.3, -0.25) is 4.79 Å². The Kier molecular flexibility index (Phi) is 8.24. The molecule has 9 heteroatoms. The van der Waals surface area contributed by atoms with E-state index in [4.69, 9.17) is 14.7 Å². The minimum absolute atomic E-state index is 0.136. The van der Waals surface area contributed by atoms with E-state index in [-0.39, 0.29) is 18.4 Å². The molecule has 1 aromatic heterocycles. The van der Waals surface area contributed by atoms with Crippen LogP contribution in [0.2, 0.25) is 0 Å². The van der Waals surface area contributed by atoms with Gasteiger partial charge in [-0.05, 0) is 49.3 Å². The molecule has 3 aromatic rings. The molecule has 0 bridgehead atoms. The van der Waals surface area contributed by atoms with Crippen LogP contribution < -0.4 is 19.9 Å². The molecule has 1 saturated heterocycles. The highest BCUT2D eigenvalue weighted by molar-refractivity contribution is 5.97. The van der Waals surface area contributed by atoms with Gasteiger partial charge in [0, 0.05) is 55.4 Å². The Labute approximate surface area is 247 Å². The van der Waals surface area contributed by atoms with Crippen LogP contribution in [0.4, 0.5) is 11.5 Å². The lowest BCUT2D eigenvalue weighted by molar-refractivity contribution is -0.128. The smallest absolute Gasteiger partial charge is 0.318 e. The minimum Gasteiger partial charge on any atom is -0.462 e. The molecule has 1 aliphatic carbocycles. The lowest BCUT2D eigenvalue weighted by Crippen LogP contribution is -2.55. The van der Waals surface area contributed by atoms with Crippen molar-refractivity contribution in [1.82, 2.24) is 20.2 Å². The van der Waals surface area contributed by atoms with Gasteiger partial charge in [0.05, 0.1) is 30.8 Å². The number of piperazine rings is 1. The maximum atomic E-state index is 12.5. The van der Waals surface area contributed by atoms with Crippen LogP contribution in [0.25, 0.3) is 10.8 Å². The van der Waals surface area contributed by atoms with E-state index in [2.05, 4.69) is 71.1 Å². The topological polar surface area (TPSA) is 97.6 Å². The number of benzene rings is 2. The Morgan fingerprint density at radius 3 is 2.76 bits per heavy atom. The van der Waals surface area contributed by atoms with Crippen molar-refractivity contribution in [1.29, 1.82) is 5.26 Å². The van der Waals surface area contributed by atoms with Gasteiger partial charge in [-0.25, -0.2) is 0 Å². The van der Waals surface area contributed by atoms with Gasteiger partial charge < -0.3 is 24.8 Å². The quantitative estimate of drug-likeness (QED) is 0.306. The number of fused-ring (bicyclic) bond motifs is 2. The number of nitrogens with zero attached hydrogens (tertiary/aromatic N) is 6. The summed E-state index contributed by atoms with van der Waals surface area (Å²) in [5.41, 5.74) is 4.58. The summed E-state index contributed by atoms with van der Waals surface area (Å²) in [4.78, 5) is 28.8. The molecule has 0 unspecified atom stereocenters. The van der Waals surface area contributed by atoms with Crippen LogP contribution in [0, 0.1) is 18.3 Å². The molecule has 2 fully saturated rings. The summed E-state index contributed by atoms with van der Waals surface area (Å²) in [6.45, 7) is 10.3. The van der Waals surface area contributed by atoms with Crippen molar-refractivity contribution >= 4 is 28.2 Å². The third-order valence-corrected chi connectivity index (χ3v) is 8.89. The van der Waals surface area contributed by atoms with Crippen molar-refractivity contribution < 1.29 is 9.53 Å². The zero-order valence-electron chi connectivity index (χ0n) is 24.4. The summed E-state index contributed by atoms with van der Waals surface area (Å²) in [7, 11) is 0. The summed E-state index contributed by atoms with van der Waals surface area (Å²) in [5.74, 6) is 0.730. The van der Waals surface area contributed by atoms with Crippen LogP contribution in [0.3, 0.4) is 0 Å². The average Bonchev–Trinajstić information content (AvgIpc) is 2.99. The van der Waals surface area contributed by atoms with Crippen molar-refractivity contribution in [2.75, 3.05) is 49.1 Å². The highest BCUT2D eigenvalue weighted by atomic mass is 16.5. The van der Waals surface area contributed by atoms with E-state index in [9.17, 15) is 10.1 Å². The number of rotatable bonds is 9. The van der Waals surface area contributed by atoms with Gasteiger partial charge in [0.15, 0.2) is 0 Å². The number of amides is 1. The molecule has 42 heavy (non-hydrogen) atoms. The number of ether oxygens (including phenoxy) is 1. The molecule has 3 aliphatic rings. The van der Waals surface area contributed by atoms with Gasteiger partial charge >= 0.3 is 6.01 Å². The maximum absolute atomic E-state index is 12.5. The van der Waals surface area contributed by atoms with Crippen LogP contribution in [0.1, 0.15) is 42.5 Å². The Hall–Kier alpha value is -4.16. The molecule has 9 nitrogen and oxygen atoms in total. The zero-order valence-corrected chi connectivity index (χ0v) is 24.4. The summed E-state index contributed by atoms with van der Waals surface area (Å²) in [5, 5.41) is 15.6. The standard InChI is InChI=1S/C33H39N7O2/c1-3-30(41)40-19-18-39(21-26(40)13-15-34)32-27-14-17-38(29-12-5-9-24-8-4-7-23(2)31(24)29)22-28(27)36-33(37-32)42-20-16-35-25-10-6-11-25/h3-5,7-9,12,25-26,35H,1,6,10-11,13-14,16-22H2,2H3/t26-/m0/s1. The van der Waals surface area contributed by atoms with E-state index in [0.29, 0.717) is 44.8 Å². The zero-order chi connectivity index (χ0) is 29.1. The largest absolute Gasteiger partial charge is 0.462 e. The first kappa shape index (κ1) is 28.0. The summed E-state index contributed by atoms with van der Waals surface area (Å²) < 4.78 is 6.14. The number of hydrogen-bond donors (Lipinski definition) is 1. The Bertz CT molecular complexity index is 1510. The van der Waals surface area contributed by atoms with Gasteiger partial charge in [-0.15, -0.1) is 0 Å². The number of aryl methyl sites for hydroxylation is 1. The first-order chi connectivity index (χ1) is 20.6. The van der Waals surface area contributed by atoms with Crippen LogP contribution >= 0.6 is 0 Å². The number of aromatic nitrogens is 2. The SMILES string of the molecule is C=CC(=O)N1CCN(c2nc(OCCNC3CCC3)nc3c2CCN(c2cccc4cccc(C)c24)C3)C[C@@H]1CC#N. The van der Waals surface area contributed by atoms with E-state index < -0.39 is 0 Å². The lowest BCUT2D eigenvalue weighted by Gasteiger charge is -2.42. The second-order valence-electron chi connectivity index (χ2n) is 11.5. The average molecular weight is 566 g/mol. The summed E-state index contributed by atoms with van der Waals surface area (Å²) >= 11 is 0. The molecule has 2 aromatic carbocycles. The first-order valence-corrected chi connectivity index (χ1v) is 15.1. The number of carbonyl (C=O) groups is 1. The fourth-order valence-electron chi connectivity index (χ4n) is 6.44. The molecule has 0 spiro atoms. The van der Waals surface area contributed by atoms with E-state index in [1.165, 1.54) is 47.4 Å². The normalized spacial score (nSPS) is 18.8. The summed E-state index contributed by atoms with van der Waals surface area (Å²) in [6.07, 6.45) is 6.14. The van der Waals surface area contributed by atoms with Crippen LogP contribution in [-0.4, -0.2) is 72.2 Å². The van der Waals surface area contributed by atoms with Gasteiger partial charge in [0.2, 0.25) is 5.91 Å². The Balaban J connectivity index is 1.30. The van der Waals surface area contributed by atoms with Crippen molar-refractivity contribution in [2.45, 2.75) is 57.7 Å². The molecular formula is C33H39N7O2. The van der Waals surface area contributed by atoms with Gasteiger partial charge in [0.25, 0.3) is 0 Å². The number of nitrogens with one attached hydrogen (secondary N) is 1. The molecule has 1 saturated carbocycles. The molecule has 0 radical (unpaired) electrons. The highest BCUT2D eigenvalue weighted by Crippen LogP contribution is 2.36. The molecule has 6 rings (SSSR count). The number of hydrogen-bond acceptors (Lipinski definition) is 8. The van der Waals surface area contributed by atoms with Gasteiger partial charge in [-0.2, -0.15) is 15.2 Å². The van der Waals surface area contributed by atoms with Crippen molar-refractivity contribution in [3.63, 3.8) is 0 Å². The van der Waals surface area contributed by atoms with Gasteiger partial charge in [-0.1, -0.05) is 43.3 Å². The molecular weight excluding hydrogens is 526 g/mol. The van der Waals surface area contributed by atoms with Crippen LogP contribution in [0.15, 0.2) is 49.1 Å². The van der Waals surface area contributed by atoms with E-state index in [1.807, 2.05) is 0 Å². The number of nitriles is 1. The second kappa shape index (κ2) is 12.4. The Morgan fingerprint density at radius 2 is 2.00 bits per heavy atom. The minimum atomic E-state index is -0.227. The van der Waals surface area contributed by atoms with Crippen molar-refractivity contribution in [3.8, 4) is 12.1 Å². The van der Waals surface area contributed by atoms with E-state index >= 15 is 0 Å². The van der Waals surface area contributed by atoms with E-state index in [1.54, 1.807) is 4.90 Å². The van der Waals surface area contributed by atoms with Crippen LogP contribution in [-0.2, 0) is 17.8 Å². The molecule has 1 N–H and O–H groups in total. The summed E-state index contributed by atoms with van der Waals surface area (Å²) in [6, 6.07) is 16.0. The predicted octanol–water partition coefficient (Wildman–Crippen LogP) is 4.14.